The van der Waals surface area contributed by atoms with Gasteiger partial charge in [-0.25, -0.2) is 4.39 Å². The van der Waals surface area contributed by atoms with E-state index < -0.39 is 0 Å². The summed E-state index contributed by atoms with van der Waals surface area (Å²) in [4.78, 5) is 0. The molecular weight excluding hydrogens is 288 g/mol. The molecule has 3 nitrogen and oxygen atoms in total. The average molecular weight is 297 g/mol. The van der Waals surface area contributed by atoms with Gasteiger partial charge in [-0.2, -0.15) is 0 Å². The second kappa shape index (κ2) is 4.61. The molecule has 0 radical (unpaired) electrons. The molecule has 0 bridgehead atoms. The van der Waals surface area contributed by atoms with Gasteiger partial charge in [0, 0.05) is 6.07 Å². The van der Waals surface area contributed by atoms with E-state index in [0.29, 0.717) is 9.26 Å². The average Bonchev–Trinajstić information content (AvgIpc) is 2.09. The Balaban J connectivity index is 2.88. The Morgan fingerprint density at radius 1 is 1.54 bits per heavy atom. The fourth-order valence-corrected chi connectivity index (χ4v) is 1.32. The number of hydrogen-bond donors (Lipinski definition) is 2. The second-order valence-electron chi connectivity index (χ2n) is 2.38. The highest BCUT2D eigenvalue weighted by molar-refractivity contribution is 14.1. The molecule has 0 unspecified atom stereocenters. The lowest BCUT2D eigenvalue weighted by Crippen LogP contribution is -2.04. The largest absolute Gasteiger partial charge is 0.489 e. The van der Waals surface area contributed by atoms with Crippen molar-refractivity contribution in [3.63, 3.8) is 0 Å². The van der Waals surface area contributed by atoms with E-state index in [0.717, 1.165) is 0 Å². The standard InChI is InChI=1S/C8H9FINO2/c9-5-3-8(13-2-1-12)7(11)4-6(5)10/h3-4,12H,1-2,11H2. The predicted molar refractivity (Wildman–Crippen MR) is 56.1 cm³/mol. The van der Waals surface area contributed by atoms with Crippen LogP contribution in [0.1, 0.15) is 0 Å². The Bertz CT molecular complexity index is 306. The van der Waals surface area contributed by atoms with Crippen LogP contribution in [0, 0.1) is 9.39 Å². The fourth-order valence-electron chi connectivity index (χ4n) is 0.825. The first kappa shape index (κ1) is 10.5. The van der Waals surface area contributed by atoms with E-state index >= 15 is 0 Å². The fraction of sp³-hybridized carbons (Fsp3) is 0.250. The Kier molecular flexibility index (Phi) is 3.73. The van der Waals surface area contributed by atoms with E-state index in [1.165, 1.54) is 12.1 Å². The Morgan fingerprint density at radius 3 is 2.85 bits per heavy atom. The van der Waals surface area contributed by atoms with Crippen molar-refractivity contribution >= 4 is 28.3 Å². The van der Waals surface area contributed by atoms with Gasteiger partial charge >= 0.3 is 0 Å². The molecule has 1 rings (SSSR count). The summed E-state index contributed by atoms with van der Waals surface area (Å²) in [7, 11) is 0. The first-order valence-corrected chi connectivity index (χ1v) is 4.71. The van der Waals surface area contributed by atoms with Crippen molar-refractivity contribution in [2.75, 3.05) is 18.9 Å². The molecule has 0 amide bonds. The van der Waals surface area contributed by atoms with Crippen LogP contribution in [0.5, 0.6) is 5.75 Å². The number of hydrogen-bond acceptors (Lipinski definition) is 3. The van der Waals surface area contributed by atoms with E-state index in [1.54, 1.807) is 0 Å². The van der Waals surface area contributed by atoms with Crippen molar-refractivity contribution in [1.29, 1.82) is 0 Å². The van der Waals surface area contributed by atoms with E-state index in [1.807, 2.05) is 22.6 Å². The monoisotopic (exact) mass is 297 g/mol. The van der Waals surface area contributed by atoms with Gasteiger partial charge in [-0.3, -0.25) is 0 Å². The highest BCUT2D eigenvalue weighted by Crippen LogP contribution is 2.25. The molecule has 0 saturated carbocycles. The molecule has 5 heteroatoms. The molecule has 0 aliphatic carbocycles. The van der Waals surface area contributed by atoms with Gasteiger partial charge in [-0.05, 0) is 28.7 Å². The van der Waals surface area contributed by atoms with Crippen molar-refractivity contribution in [3.05, 3.63) is 21.5 Å². The smallest absolute Gasteiger partial charge is 0.145 e. The van der Waals surface area contributed by atoms with E-state index in [9.17, 15) is 4.39 Å². The summed E-state index contributed by atoms with van der Waals surface area (Å²) in [5.41, 5.74) is 5.93. The van der Waals surface area contributed by atoms with Gasteiger partial charge in [0.15, 0.2) is 0 Å². The lowest BCUT2D eigenvalue weighted by Gasteiger charge is -2.07. The third kappa shape index (κ3) is 2.70. The van der Waals surface area contributed by atoms with Crippen LogP contribution < -0.4 is 10.5 Å². The van der Waals surface area contributed by atoms with Gasteiger partial charge in [0.2, 0.25) is 0 Å². The van der Waals surface area contributed by atoms with Crippen LogP contribution >= 0.6 is 22.6 Å². The van der Waals surface area contributed by atoms with Crippen molar-refractivity contribution in [3.8, 4) is 5.75 Å². The number of benzene rings is 1. The zero-order valence-corrected chi connectivity index (χ0v) is 8.92. The molecular formula is C8H9FINO2. The molecule has 0 aliphatic heterocycles. The number of aliphatic hydroxyl groups is 1. The zero-order chi connectivity index (χ0) is 9.84. The lowest BCUT2D eigenvalue weighted by molar-refractivity contribution is 0.201. The van der Waals surface area contributed by atoms with Crippen LogP contribution in [-0.2, 0) is 0 Å². The minimum atomic E-state index is -0.372. The van der Waals surface area contributed by atoms with Gasteiger partial charge in [-0.15, -0.1) is 0 Å². The van der Waals surface area contributed by atoms with Crippen LogP contribution in [0.15, 0.2) is 12.1 Å². The highest BCUT2D eigenvalue weighted by Gasteiger charge is 2.06. The molecule has 13 heavy (non-hydrogen) atoms. The van der Waals surface area contributed by atoms with Gasteiger partial charge in [0.25, 0.3) is 0 Å². The summed E-state index contributed by atoms with van der Waals surface area (Å²) in [5.74, 6) is -0.102. The van der Waals surface area contributed by atoms with E-state index in [-0.39, 0.29) is 24.8 Å². The van der Waals surface area contributed by atoms with Crippen LogP contribution in [0.25, 0.3) is 0 Å². The minimum Gasteiger partial charge on any atom is -0.489 e. The molecule has 0 spiro atoms. The number of ether oxygens (including phenoxy) is 1. The molecule has 0 saturated heterocycles. The summed E-state index contributed by atoms with van der Waals surface area (Å²) in [6, 6.07) is 2.70. The van der Waals surface area contributed by atoms with Crippen LogP contribution in [0.4, 0.5) is 10.1 Å². The molecule has 72 valence electrons. The summed E-state index contributed by atoms with van der Waals surface area (Å²) in [6.07, 6.45) is 0. The lowest BCUT2D eigenvalue weighted by atomic mass is 10.3. The number of aliphatic hydroxyl groups excluding tert-OH is 1. The van der Waals surface area contributed by atoms with Gasteiger partial charge < -0.3 is 15.6 Å². The predicted octanol–water partition coefficient (Wildman–Crippen LogP) is 1.38. The molecule has 0 heterocycles. The third-order valence-corrected chi connectivity index (χ3v) is 2.23. The Morgan fingerprint density at radius 2 is 2.23 bits per heavy atom. The summed E-state index contributed by atoms with van der Waals surface area (Å²) >= 11 is 1.84. The minimum absolute atomic E-state index is 0.115. The third-order valence-electron chi connectivity index (χ3n) is 1.40. The van der Waals surface area contributed by atoms with Crippen LogP contribution in [0.3, 0.4) is 0 Å². The zero-order valence-electron chi connectivity index (χ0n) is 6.76. The molecule has 0 atom stereocenters. The topological polar surface area (TPSA) is 55.5 Å². The van der Waals surface area contributed by atoms with Gasteiger partial charge in [-0.1, -0.05) is 0 Å². The van der Waals surface area contributed by atoms with E-state index in [2.05, 4.69) is 0 Å². The molecule has 0 fully saturated rings. The molecule has 1 aromatic carbocycles. The van der Waals surface area contributed by atoms with Crippen LogP contribution in [-0.4, -0.2) is 18.3 Å². The van der Waals surface area contributed by atoms with Crippen molar-refractivity contribution < 1.29 is 14.2 Å². The molecule has 0 aliphatic rings. The van der Waals surface area contributed by atoms with Gasteiger partial charge in [0.05, 0.1) is 15.9 Å². The van der Waals surface area contributed by atoms with Crippen LogP contribution in [0.2, 0.25) is 0 Å². The Labute approximate surface area is 88.8 Å². The van der Waals surface area contributed by atoms with Crippen molar-refractivity contribution in [2.24, 2.45) is 0 Å². The maximum atomic E-state index is 13.0. The second-order valence-corrected chi connectivity index (χ2v) is 3.54. The first-order chi connectivity index (χ1) is 6.15. The summed E-state index contributed by atoms with van der Waals surface area (Å²) in [6.45, 7) is -0.00270. The highest BCUT2D eigenvalue weighted by atomic mass is 127. The summed E-state index contributed by atoms with van der Waals surface area (Å²) in [5, 5.41) is 8.48. The van der Waals surface area contributed by atoms with Crippen molar-refractivity contribution in [2.45, 2.75) is 0 Å². The number of anilines is 1. The number of rotatable bonds is 3. The first-order valence-electron chi connectivity index (χ1n) is 3.63. The van der Waals surface area contributed by atoms with E-state index in [4.69, 9.17) is 15.6 Å². The molecule has 0 aromatic heterocycles. The molecule has 1 aromatic rings. The SMILES string of the molecule is Nc1cc(I)c(F)cc1OCCO. The number of halogens is 2. The number of nitrogens with two attached hydrogens (primary N) is 1. The maximum absolute atomic E-state index is 13.0. The Hall–Kier alpha value is -0.560. The maximum Gasteiger partial charge on any atom is 0.145 e. The van der Waals surface area contributed by atoms with Crippen molar-refractivity contribution in [1.82, 2.24) is 0 Å². The number of nitrogen functional groups attached to an aromatic ring is 1. The summed E-state index contributed by atoms with van der Waals surface area (Å²) < 4.78 is 18.4. The quantitative estimate of drug-likeness (QED) is 0.655. The normalized spacial score (nSPS) is 10.1. The molecule has 3 N–H and O–H groups in total. The van der Waals surface area contributed by atoms with Gasteiger partial charge in [0.1, 0.15) is 18.2 Å².